The maximum absolute atomic E-state index is 15.3. The number of aromatic nitrogens is 3. The Morgan fingerprint density at radius 1 is 1.08 bits per heavy atom. The van der Waals surface area contributed by atoms with Crippen molar-refractivity contribution < 1.29 is 27.8 Å². The van der Waals surface area contributed by atoms with Gasteiger partial charge in [0.1, 0.15) is 41.0 Å². The van der Waals surface area contributed by atoms with E-state index in [1.54, 1.807) is 37.0 Å². The molecular formula is C37H40F2N6O4. The van der Waals surface area contributed by atoms with E-state index in [0.717, 1.165) is 56.9 Å². The number of rotatable bonds is 9. The van der Waals surface area contributed by atoms with E-state index in [1.165, 1.54) is 6.08 Å². The molecule has 0 bridgehead atoms. The van der Waals surface area contributed by atoms with E-state index >= 15 is 8.78 Å². The van der Waals surface area contributed by atoms with Gasteiger partial charge in [0.2, 0.25) is 11.7 Å². The van der Waals surface area contributed by atoms with Gasteiger partial charge in [-0.15, -0.1) is 0 Å². The summed E-state index contributed by atoms with van der Waals surface area (Å²) in [4.78, 5) is 33.4. The molecule has 0 fully saturated rings. The molecule has 0 saturated heterocycles. The highest BCUT2D eigenvalue weighted by Crippen LogP contribution is 2.47. The molecule has 6 rings (SSSR count). The fourth-order valence-corrected chi connectivity index (χ4v) is 6.36. The number of carbonyl (C=O) groups is 2. The van der Waals surface area contributed by atoms with Crippen LogP contribution >= 0.6 is 0 Å². The normalized spacial score (nSPS) is 13.2. The Bertz CT molecular complexity index is 2120. The van der Waals surface area contributed by atoms with Crippen molar-refractivity contribution in [1.29, 1.82) is 0 Å². The fraction of sp³-hybridized carbons (Fsp3) is 0.324. The van der Waals surface area contributed by atoms with E-state index in [0.29, 0.717) is 31.9 Å². The van der Waals surface area contributed by atoms with Crippen molar-refractivity contribution in [3.63, 3.8) is 0 Å². The van der Waals surface area contributed by atoms with Crippen molar-refractivity contribution in [2.45, 2.75) is 39.3 Å². The molecule has 0 radical (unpaired) electrons. The van der Waals surface area contributed by atoms with Crippen molar-refractivity contribution in [1.82, 2.24) is 19.3 Å². The molecule has 0 aliphatic carbocycles. The third kappa shape index (κ3) is 6.29. The van der Waals surface area contributed by atoms with Crippen LogP contribution in [0, 0.1) is 11.6 Å². The maximum Gasteiger partial charge on any atom is 0.248 e. The highest BCUT2D eigenvalue weighted by atomic mass is 19.1. The third-order valence-corrected chi connectivity index (χ3v) is 8.74. The number of ether oxygens (including phenoxy) is 2. The zero-order valence-electron chi connectivity index (χ0n) is 28.7. The van der Waals surface area contributed by atoms with E-state index < -0.39 is 29.0 Å². The van der Waals surface area contributed by atoms with Gasteiger partial charge in [-0.05, 0) is 57.0 Å². The molecule has 1 aliphatic rings. The molecule has 5 aromatic rings. The number of nitrogens with one attached hydrogen (secondary N) is 2. The number of nitrogens with zero attached hydrogens (tertiary/aromatic N) is 4. The monoisotopic (exact) mass is 670 g/mol. The van der Waals surface area contributed by atoms with Gasteiger partial charge in [0.25, 0.3) is 0 Å². The summed E-state index contributed by atoms with van der Waals surface area (Å²) in [6.07, 6.45) is 5.13. The highest BCUT2D eigenvalue weighted by molar-refractivity contribution is 6.11. The number of pyridine rings is 1. The molecule has 0 spiro atoms. The fourth-order valence-electron chi connectivity index (χ4n) is 6.36. The molecule has 256 valence electrons. The van der Waals surface area contributed by atoms with E-state index in [1.807, 2.05) is 57.6 Å². The number of benzene rings is 2. The number of amides is 1. The van der Waals surface area contributed by atoms with E-state index in [4.69, 9.17) is 14.5 Å². The molecule has 1 aliphatic heterocycles. The molecule has 10 nitrogen and oxygen atoms in total. The first-order valence-electron chi connectivity index (χ1n) is 16.0. The Labute approximate surface area is 283 Å². The first kappa shape index (κ1) is 33.8. The lowest BCUT2D eigenvalue weighted by atomic mass is 9.96. The third-order valence-electron chi connectivity index (χ3n) is 8.74. The van der Waals surface area contributed by atoms with Gasteiger partial charge >= 0.3 is 0 Å². The number of likely N-dealkylation sites (N-methyl/N-ethyl adjacent to an activating group) is 1. The van der Waals surface area contributed by atoms with Crippen LogP contribution in [-0.4, -0.2) is 65.5 Å². The minimum atomic E-state index is -1.05. The summed E-state index contributed by atoms with van der Waals surface area (Å²) in [7, 11) is 7.20. The quantitative estimate of drug-likeness (QED) is 0.146. The summed E-state index contributed by atoms with van der Waals surface area (Å²) in [6, 6.07) is 9.45. The second-order valence-electron chi connectivity index (χ2n) is 13.2. The van der Waals surface area contributed by atoms with Crippen LogP contribution in [0.3, 0.4) is 0 Å². The van der Waals surface area contributed by atoms with Gasteiger partial charge in [-0.3, -0.25) is 9.59 Å². The van der Waals surface area contributed by atoms with Gasteiger partial charge in [0.05, 0.1) is 35.1 Å². The predicted octanol–water partition coefficient (Wildman–Crippen LogP) is 6.03. The number of carbonyl (C=O) groups excluding carboxylic acids is 2. The van der Waals surface area contributed by atoms with E-state index in [-0.39, 0.29) is 16.8 Å². The molecule has 4 heterocycles. The number of hydrogen-bond donors (Lipinski definition) is 2. The van der Waals surface area contributed by atoms with Crippen LogP contribution in [0.4, 0.5) is 20.2 Å². The summed E-state index contributed by atoms with van der Waals surface area (Å²) in [5.41, 5.74) is 5.24. The zero-order valence-corrected chi connectivity index (χ0v) is 28.7. The number of aryl methyl sites for hydroxylation is 1. The van der Waals surface area contributed by atoms with Gasteiger partial charge in [-0.2, -0.15) is 0 Å². The van der Waals surface area contributed by atoms with Gasteiger partial charge in [0, 0.05) is 69.3 Å². The number of imidazole rings is 1. The SMILES string of the molecule is COCc1nc2c3c(c(OC)cc2n1C)-c1cccn2c(C(=O)c4cc(F)c(NC(=O)/C=C/CNC(C)(C)C)c(F)c4)cc(c12)CCN3C. The van der Waals surface area contributed by atoms with Crippen LogP contribution in [0.1, 0.15) is 48.2 Å². The Hall–Kier alpha value is -5.07. The number of fused-ring (bicyclic) bond motifs is 4. The van der Waals surface area contributed by atoms with Crippen LogP contribution in [0.2, 0.25) is 0 Å². The lowest BCUT2D eigenvalue weighted by Gasteiger charge is -2.27. The summed E-state index contributed by atoms with van der Waals surface area (Å²) >= 11 is 0. The minimum absolute atomic E-state index is 0.153. The lowest BCUT2D eigenvalue weighted by Crippen LogP contribution is -2.35. The molecule has 3 aromatic heterocycles. The van der Waals surface area contributed by atoms with Crippen LogP contribution in [0.5, 0.6) is 5.75 Å². The van der Waals surface area contributed by atoms with Gasteiger partial charge < -0.3 is 34.0 Å². The lowest BCUT2D eigenvalue weighted by molar-refractivity contribution is -0.112. The number of halogens is 2. The average molecular weight is 671 g/mol. The summed E-state index contributed by atoms with van der Waals surface area (Å²) in [6.45, 7) is 7.29. The summed E-state index contributed by atoms with van der Waals surface area (Å²) in [5, 5.41) is 5.44. The molecular weight excluding hydrogens is 630 g/mol. The minimum Gasteiger partial charge on any atom is -0.496 e. The first-order valence-corrected chi connectivity index (χ1v) is 16.0. The molecule has 12 heteroatoms. The highest BCUT2D eigenvalue weighted by Gasteiger charge is 2.29. The molecule has 2 N–H and O–H groups in total. The number of ketones is 1. The van der Waals surface area contributed by atoms with Crippen molar-refractivity contribution in [2.24, 2.45) is 7.05 Å². The standard InChI is InChI=1S/C37H40F2N6O4/c1-37(2,3)40-13-8-11-30(46)42-32-24(38)16-22(17-25(32)39)36(47)27-18-21-12-15-43(4)35-31(23-10-9-14-45(27)34(21)23)28(49-7)19-26-33(35)41-29(20-48-6)44(26)5/h8-11,14,16-19,40H,12-13,15,20H2,1-7H3,(H,42,46)/b11-8+. The number of hydrogen-bond acceptors (Lipinski definition) is 7. The molecule has 0 atom stereocenters. The predicted molar refractivity (Wildman–Crippen MR) is 187 cm³/mol. The number of methoxy groups -OCH3 is 2. The Morgan fingerprint density at radius 3 is 2.49 bits per heavy atom. The van der Waals surface area contributed by atoms with Crippen molar-refractivity contribution in [2.75, 3.05) is 44.6 Å². The van der Waals surface area contributed by atoms with Crippen molar-refractivity contribution >= 4 is 39.6 Å². The Balaban J connectivity index is 1.40. The molecule has 0 unspecified atom stereocenters. The molecule has 49 heavy (non-hydrogen) atoms. The molecule has 1 amide bonds. The second-order valence-corrected chi connectivity index (χ2v) is 13.2. The van der Waals surface area contributed by atoms with Crippen molar-refractivity contribution in [3.05, 3.63) is 89.0 Å². The topological polar surface area (TPSA) is 102 Å². The van der Waals surface area contributed by atoms with Crippen LogP contribution in [-0.2, 0) is 29.6 Å². The van der Waals surface area contributed by atoms with E-state index in [9.17, 15) is 9.59 Å². The average Bonchev–Trinajstić information content (AvgIpc) is 3.58. The van der Waals surface area contributed by atoms with Gasteiger partial charge in [0.15, 0.2) is 0 Å². The van der Waals surface area contributed by atoms with Crippen LogP contribution in [0.25, 0.3) is 27.7 Å². The number of anilines is 2. The zero-order chi connectivity index (χ0) is 35.2. The Kier molecular flexibility index (Phi) is 9.03. The first-order chi connectivity index (χ1) is 23.3. The largest absolute Gasteiger partial charge is 0.496 e. The van der Waals surface area contributed by atoms with Gasteiger partial charge in [-0.25, -0.2) is 13.8 Å². The van der Waals surface area contributed by atoms with Crippen LogP contribution < -0.4 is 20.3 Å². The molecule has 0 saturated carbocycles. The molecule has 2 aromatic carbocycles. The smallest absolute Gasteiger partial charge is 0.248 e. The van der Waals surface area contributed by atoms with Crippen LogP contribution in [0.15, 0.2) is 54.7 Å². The van der Waals surface area contributed by atoms with Crippen molar-refractivity contribution in [3.8, 4) is 16.9 Å². The maximum atomic E-state index is 15.3. The van der Waals surface area contributed by atoms with Gasteiger partial charge in [-0.1, -0.05) is 12.1 Å². The van der Waals surface area contributed by atoms with E-state index in [2.05, 4.69) is 15.5 Å². The summed E-state index contributed by atoms with van der Waals surface area (Å²) < 4.78 is 45.7. The Morgan fingerprint density at radius 2 is 1.82 bits per heavy atom. The summed E-state index contributed by atoms with van der Waals surface area (Å²) in [5.74, 6) is -1.95. The second kappa shape index (κ2) is 13.1.